The van der Waals surface area contributed by atoms with Crippen molar-refractivity contribution in [3.8, 4) is 0 Å². The number of aromatic nitrogens is 4. The molecular weight excluding hydrogens is 505 g/mol. The molecule has 1 fully saturated rings. The van der Waals surface area contributed by atoms with Crippen molar-refractivity contribution < 1.29 is 56.3 Å². The number of ether oxygens (including phenoxy) is 1. The Morgan fingerprint density at radius 3 is 2.47 bits per heavy atom. The second-order valence-electron chi connectivity index (χ2n) is 6.30. The van der Waals surface area contributed by atoms with Gasteiger partial charge in [0.2, 0.25) is 5.95 Å². The fraction of sp³-hybridized carbons (Fsp3) is 0.500. The lowest BCUT2D eigenvalue weighted by atomic mass is 10.1. The van der Waals surface area contributed by atoms with Gasteiger partial charge in [-0.15, -0.1) is 0 Å². The largest absolute Gasteiger partial charge is 0.490 e. The first-order chi connectivity index (χ1) is 14.6. The Labute approximate surface area is 176 Å². The van der Waals surface area contributed by atoms with Crippen LogP contribution in [0, 0.1) is 0 Å². The minimum atomic E-state index is -5.71. The van der Waals surface area contributed by atoms with Crippen LogP contribution < -0.4 is 17.0 Å². The summed E-state index contributed by atoms with van der Waals surface area (Å²) in [7, 11) is -16.7. The van der Waals surface area contributed by atoms with Crippen molar-refractivity contribution in [2.75, 3.05) is 12.3 Å². The van der Waals surface area contributed by atoms with Crippen molar-refractivity contribution >= 4 is 40.6 Å². The molecule has 0 aliphatic carbocycles. The molecule has 2 aromatic heterocycles. The molecule has 22 heteroatoms. The number of nitrogens with two attached hydrogens (primary N) is 2. The molecule has 3 rings (SSSR count). The Balaban J connectivity index is 1.72. The molecule has 0 bridgehead atoms. The third-order valence-corrected chi connectivity index (χ3v) is 7.76. The zero-order valence-corrected chi connectivity index (χ0v) is 18.1. The first-order valence-electron chi connectivity index (χ1n) is 8.18. The van der Waals surface area contributed by atoms with Crippen LogP contribution in [0.1, 0.15) is 6.23 Å². The molecule has 0 spiro atoms. The van der Waals surface area contributed by atoms with Gasteiger partial charge in [-0.05, 0) is 0 Å². The summed E-state index contributed by atoms with van der Waals surface area (Å²) >= 11 is 0. The molecule has 180 valence electrons. The Morgan fingerprint density at radius 1 is 1.19 bits per heavy atom. The van der Waals surface area contributed by atoms with E-state index in [1.165, 1.54) is 4.57 Å². The number of imidazole rings is 1. The van der Waals surface area contributed by atoms with Crippen LogP contribution in [-0.4, -0.2) is 69.1 Å². The van der Waals surface area contributed by atoms with Crippen molar-refractivity contribution in [1.29, 1.82) is 0 Å². The number of hydrogen-bond donors (Lipinski definition) is 8. The summed E-state index contributed by atoms with van der Waals surface area (Å²) in [6, 6.07) is -1.19. The molecule has 32 heavy (non-hydrogen) atoms. The van der Waals surface area contributed by atoms with Crippen LogP contribution in [0.2, 0.25) is 0 Å². The Kier molecular flexibility index (Phi) is 6.78. The van der Waals surface area contributed by atoms with E-state index in [1.807, 2.05) is 0 Å². The van der Waals surface area contributed by atoms with Gasteiger partial charge in [-0.25, -0.2) is 18.7 Å². The Morgan fingerprint density at radius 2 is 1.84 bits per heavy atom. The molecule has 2 aromatic rings. The number of aliphatic hydroxyl groups excluding tert-OH is 1. The summed E-state index contributed by atoms with van der Waals surface area (Å²) in [5, 5.41) is 10.3. The van der Waals surface area contributed by atoms with Gasteiger partial charge in [0.25, 0.3) is 5.56 Å². The van der Waals surface area contributed by atoms with Gasteiger partial charge < -0.3 is 40.9 Å². The van der Waals surface area contributed by atoms with Gasteiger partial charge in [0.05, 0.1) is 19.0 Å². The van der Waals surface area contributed by atoms with Crippen molar-refractivity contribution in [2.45, 2.75) is 24.5 Å². The number of aromatic amines is 1. The number of phosphoric ester groups is 1. The normalized spacial score (nSPS) is 27.9. The molecule has 1 aliphatic rings. The van der Waals surface area contributed by atoms with Crippen LogP contribution in [0.5, 0.6) is 0 Å². The highest BCUT2D eigenvalue weighted by molar-refractivity contribution is 7.66. The van der Waals surface area contributed by atoms with Crippen molar-refractivity contribution in [1.82, 2.24) is 19.5 Å². The molecular formula is C10H17N6O13P3. The molecule has 19 nitrogen and oxygen atoms in total. The van der Waals surface area contributed by atoms with Gasteiger partial charge in [-0.3, -0.25) is 18.9 Å². The molecule has 2 unspecified atom stereocenters. The van der Waals surface area contributed by atoms with Crippen LogP contribution in [0.4, 0.5) is 5.95 Å². The van der Waals surface area contributed by atoms with Crippen molar-refractivity contribution in [3.63, 3.8) is 0 Å². The summed E-state index contributed by atoms with van der Waals surface area (Å²) in [4.78, 5) is 57.5. The van der Waals surface area contributed by atoms with Gasteiger partial charge in [0, 0.05) is 0 Å². The zero-order chi connectivity index (χ0) is 24.1. The highest BCUT2D eigenvalue weighted by Gasteiger charge is 2.46. The topological polar surface area (TPSA) is 305 Å². The van der Waals surface area contributed by atoms with E-state index in [2.05, 4.69) is 28.1 Å². The summed E-state index contributed by atoms with van der Waals surface area (Å²) in [6.07, 6.45) is -2.99. The molecule has 10 N–H and O–H groups in total. The standard InChI is InChI=1S/C10H17N6O13P3/c11-4-6(17)3(1-26-31(22,23)29-32(24,25)28-30(19,20)21)27-9(4)16-2-13-5-7(16)14-10(12)15-8(5)18/h2-4,6,9,17H,1,11H2,(H,22,23)(H,24,25)(H2,19,20,21)(H3,12,14,15,18)/t3-,4+,6+,9-/m1/s1. The van der Waals surface area contributed by atoms with E-state index in [9.17, 15) is 28.5 Å². The second-order valence-corrected chi connectivity index (χ2v) is 10.7. The first kappa shape index (κ1) is 25.1. The molecule has 0 radical (unpaired) electrons. The first-order valence-corrected chi connectivity index (χ1v) is 12.7. The lowest BCUT2D eigenvalue weighted by Crippen LogP contribution is -2.40. The van der Waals surface area contributed by atoms with Crippen molar-refractivity contribution in [3.05, 3.63) is 16.7 Å². The highest BCUT2D eigenvalue weighted by atomic mass is 31.3. The Bertz CT molecular complexity index is 1210. The second kappa shape index (κ2) is 8.66. The summed E-state index contributed by atoms with van der Waals surface area (Å²) in [5.74, 6) is -0.236. The summed E-state index contributed by atoms with van der Waals surface area (Å²) in [5.41, 5.74) is 10.6. The molecule has 0 amide bonds. The smallest absolute Gasteiger partial charge is 0.389 e. The lowest BCUT2D eigenvalue weighted by Gasteiger charge is -2.19. The molecule has 0 saturated carbocycles. The summed E-state index contributed by atoms with van der Waals surface area (Å²) < 4.78 is 52.0. The number of nitrogen functional groups attached to an aromatic ring is 1. The number of hydrogen-bond acceptors (Lipinski definition) is 13. The molecule has 0 aromatic carbocycles. The van der Waals surface area contributed by atoms with Gasteiger partial charge in [-0.1, -0.05) is 0 Å². The SMILES string of the molecule is Nc1nc2c(ncn2[C@@H]2O[C@H](COP(=O)(O)OP(=O)(O)OP(=O)(O)O)[C@H](O)[C@@H]2N)c(=O)[nH]1. The fourth-order valence-electron chi connectivity index (χ4n) is 2.76. The predicted molar refractivity (Wildman–Crippen MR) is 100 cm³/mol. The third kappa shape index (κ3) is 5.67. The minimum absolute atomic E-state index is 0.0348. The zero-order valence-electron chi connectivity index (χ0n) is 15.4. The van der Waals surface area contributed by atoms with E-state index >= 15 is 0 Å². The van der Waals surface area contributed by atoms with Crippen molar-refractivity contribution in [2.24, 2.45) is 5.73 Å². The number of H-pyrrole nitrogens is 1. The molecule has 6 atom stereocenters. The number of anilines is 1. The van der Waals surface area contributed by atoms with Gasteiger partial charge >= 0.3 is 23.5 Å². The number of rotatable bonds is 8. The van der Waals surface area contributed by atoms with E-state index in [0.29, 0.717) is 0 Å². The molecule has 3 heterocycles. The lowest BCUT2D eigenvalue weighted by molar-refractivity contribution is -0.0428. The number of fused-ring (bicyclic) bond motifs is 1. The van der Waals surface area contributed by atoms with Gasteiger partial charge in [-0.2, -0.15) is 13.6 Å². The molecule has 1 saturated heterocycles. The highest BCUT2D eigenvalue weighted by Crippen LogP contribution is 2.66. The van der Waals surface area contributed by atoms with Gasteiger partial charge in [0.15, 0.2) is 17.4 Å². The van der Waals surface area contributed by atoms with Crippen LogP contribution >= 0.6 is 23.5 Å². The van der Waals surface area contributed by atoms with E-state index in [1.54, 1.807) is 0 Å². The maximum atomic E-state index is 11.9. The minimum Gasteiger partial charge on any atom is -0.389 e. The Hall–Kier alpha value is -1.56. The van der Waals surface area contributed by atoms with E-state index in [4.69, 9.17) is 30.9 Å². The van der Waals surface area contributed by atoms with E-state index in [0.717, 1.165) is 6.33 Å². The summed E-state index contributed by atoms with van der Waals surface area (Å²) in [6.45, 7) is -0.933. The monoisotopic (exact) mass is 522 g/mol. The predicted octanol–water partition coefficient (Wildman–Crippen LogP) is -2.37. The van der Waals surface area contributed by atoms with Gasteiger partial charge in [0.1, 0.15) is 12.2 Å². The number of nitrogens with one attached hydrogen (secondary N) is 1. The average Bonchev–Trinajstić information content (AvgIpc) is 3.12. The van der Waals surface area contributed by atoms with E-state index in [-0.39, 0.29) is 17.1 Å². The quantitative estimate of drug-likeness (QED) is 0.168. The number of nitrogens with zero attached hydrogens (tertiary/aromatic N) is 3. The van der Waals surface area contributed by atoms with Crippen LogP contribution in [-0.2, 0) is 31.6 Å². The van der Waals surface area contributed by atoms with E-state index < -0.39 is 60.1 Å². The maximum absolute atomic E-state index is 11.9. The third-order valence-electron chi connectivity index (χ3n) is 3.96. The van der Waals surface area contributed by atoms with Crippen LogP contribution in [0.3, 0.4) is 0 Å². The maximum Gasteiger partial charge on any atom is 0.490 e. The average molecular weight is 522 g/mol. The fourth-order valence-corrected chi connectivity index (χ4v) is 5.79. The number of phosphoric acid groups is 3. The van der Waals surface area contributed by atoms with Crippen LogP contribution in [0.15, 0.2) is 11.1 Å². The molecule has 1 aliphatic heterocycles. The number of aliphatic hydroxyl groups is 1. The van der Waals surface area contributed by atoms with Crippen LogP contribution in [0.25, 0.3) is 11.2 Å².